The normalized spacial score (nSPS) is 12.0. The van der Waals surface area contributed by atoms with E-state index in [0.29, 0.717) is 18.5 Å². The summed E-state index contributed by atoms with van der Waals surface area (Å²) in [7, 11) is 1.73. The largest absolute Gasteiger partial charge is 0.335 e. The predicted octanol–water partition coefficient (Wildman–Crippen LogP) is 2.42. The Morgan fingerprint density at radius 3 is 2.71 bits per heavy atom. The summed E-state index contributed by atoms with van der Waals surface area (Å²) in [6.45, 7) is 4.42. The second kappa shape index (κ2) is 6.23. The molecule has 0 spiro atoms. The minimum Gasteiger partial charge on any atom is -0.335 e. The van der Waals surface area contributed by atoms with E-state index in [1.54, 1.807) is 30.1 Å². The molecule has 0 fully saturated rings. The lowest BCUT2D eigenvalue weighted by Gasteiger charge is -2.20. The first-order chi connectivity index (χ1) is 8.04. The first kappa shape index (κ1) is 13.5. The molecular weight excluding hydrogens is 219 g/mol. The van der Waals surface area contributed by atoms with E-state index in [2.05, 4.69) is 5.32 Å². The van der Waals surface area contributed by atoms with Crippen LogP contribution in [0.2, 0.25) is 0 Å². The van der Waals surface area contributed by atoms with Crippen LogP contribution in [0.4, 0.5) is 9.18 Å². The topological polar surface area (TPSA) is 32.3 Å². The van der Waals surface area contributed by atoms with Gasteiger partial charge in [-0.05, 0) is 31.9 Å². The van der Waals surface area contributed by atoms with Gasteiger partial charge in [0, 0.05) is 19.6 Å². The molecule has 0 saturated carbocycles. The number of nitrogens with zero attached hydrogens (tertiary/aromatic N) is 1. The van der Waals surface area contributed by atoms with Crippen molar-refractivity contribution in [3.05, 3.63) is 35.6 Å². The highest BCUT2D eigenvalue weighted by Crippen LogP contribution is 2.09. The Morgan fingerprint density at radius 1 is 1.47 bits per heavy atom. The van der Waals surface area contributed by atoms with Crippen molar-refractivity contribution in [1.82, 2.24) is 10.2 Å². The summed E-state index contributed by atoms with van der Waals surface area (Å²) in [4.78, 5) is 13.2. The summed E-state index contributed by atoms with van der Waals surface area (Å²) >= 11 is 0. The number of amides is 2. The van der Waals surface area contributed by atoms with Crippen LogP contribution in [0, 0.1) is 5.82 Å². The summed E-state index contributed by atoms with van der Waals surface area (Å²) in [6, 6.07) is 6.41. The molecule has 0 saturated heterocycles. The number of halogens is 1. The van der Waals surface area contributed by atoms with Crippen LogP contribution in [-0.2, 0) is 6.42 Å². The van der Waals surface area contributed by atoms with Gasteiger partial charge in [-0.1, -0.05) is 18.2 Å². The zero-order chi connectivity index (χ0) is 12.8. The lowest BCUT2D eigenvalue weighted by molar-refractivity contribution is 0.207. The Kier molecular flexibility index (Phi) is 4.94. The fraction of sp³-hybridized carbons (Fsp3) is 0.462. The Labute approximate surface area is 102 Å². The quantitative estimate of drug-likeness (QED) is 0.858. The Balaban J connectivity index is 2.53. The molecule has 94 valence electrons. The van der Waals surface area contributed by atoms with Gasteiger partial charge < -0.3 is 10.2 Å². The summed E-state index contributed by atoms with van der Waals surface area (Å²) in [6.07, 6.45) is 0.496. The number of urea groups is 1. The number of carbonyl (C=O) groups is 1. The van der Waals surface area contributed by atoms with Crippen LogP contribution >= 0.6 is 0 Å². The first-order valence-corrected chi connectivity index (χ1v) is 5.79. The molecule has 1 rings (SSSR count). The maximum Gasteiger partial charge on any atom is 0.317 e. The molecule has 0 aliphatic rings. The van der Waals surface area contributed by atoms with Crippen LogP contribution in [0.15, 0.2) is 24.3 Å². The molecular formula is C13H19FN2O. The number of hydrogen-bond acceptors (Lipinski definition) is 1. The maximum absolute atomic E-state index is 13.4. The van der Waals surface area contributed by atoms with Crippen molar-refractivity contribution in [1.29, 1.82) is 0 Å². The molecule has 2 amide bonds. The first-order valence-electron chi connectivity index (χ1n) is 5.79. The van der Waals surface area contributed by atoms with Gasteiger partial charge in [0.15, 0.2) is 0 Å². The third kappa shape index (κ3) is 4.06. The van der Waals surface area contributed by atoms with Gasteiger partial charge >= 0.3 is 6.03 Å². The van der Waals surface area contributed by atoms with Crippen LogP contribution in [0.3, 0.4) is 0 Å². The highest BCUT2D eigenvalue weighted by atomic mass is 19.1. The molecule has 1 aromatic rings. The molecule has 1 N–H and O–H groups in total. The third-order valence-corrected chi connectivity index (χ3v) is 2.67. The molecule has 0 aliphatic heterocycles. The van der Waals surface area contributed by atoms with Crippen LogP contribution < -0.4 is 5.32 Å². The molecule has 0 bridgehead atoms. The van der Waals surface area contributed by atoms with E-state index >= 15 is 0 Å². The van der Waals surface area contributed by atoms with E-state index in [1.807, 2.05) is 13.8 Å². The van der Waals surface area contributed by atoms with E-state index < -0.39 is 0 Å². The van der Waals surface area contributed by atoms with Crippen LogP contribution in [0.25, 0.3) is 0 Å². The molecule has 0 unspecified atom stereocenters. The molecule has 0 aliphatic carbocycles. The van der Waals surface area contributed by atoms with Gasteiger partial charge in [-0.25, -0.2) is 9.18 Å². The molecule has 0 aromatic heterocycles. The maximum atomic E-state index is 13.4. The van der Waals surface area contributed by atoms with E-state index in [1.165, 1.54) is 6.07 Å². The number of hydrogen-bond donors (Lipinski definition) is 1. The van der Waals surface area contributed by atoms with E-state index in [-0.39, 0.29) is 17.9 Å². The fourth-order valence-electron chi connectivity index (χ4n) is 1.51. The van der Waals surface area contributed by atoms with Gasteiger partial charge in [0.05, 0.1) is 0 Å². The lowest BCUT2D eigenvalue weighted by atomic mass is 10.1. The molecule has 1 atom stereocenters. The highest BCUT2D eigenvalue weighted by molar-refractivity contribution is 5.74. The summed E-state index contributed by atoms with van der Waals surface area (Å²) < 4.78 is 13.4. The van der Waals surface area contributed by atoms with E-state index in [0.717, 1.165) is 0 Å². The Hall–Kier alpha value is -1.58. The fourth-order valence-corrected chi connectivity index (χ4v) is 1.51. The SMILES string of the molecule is CCN(C)C(=O)N[C@@H](C)Cc1ccccc1F. The number of nitrogens with one attached hydrogen (secondary N) is 1. The molecule has 0 radical (unpaired) electrons. The van der Waals surface area contributed by atoms with Gasteiger partial charge in [0.1, 0.15) is 5.82 Å². The van der Waals surface area contributed by atoms with Crippen LogP contribution in [-0.4, -0.2) is 30.6 Å². The zero-order valence-electron chi connectivity index (χ0n) is 10.5. The predicted molar refractivity (Wildman–Crippen MR) is 66.4 cm³/mol. The molecule has 0 heterocycles. The van der Waals surface area contributed by atoms with Crippen molar-refractivity contribution < 1.29 is 9.18 Å². The summed E-state index contributed by atoms with van der Waals surface area (Å²) in [5, 5.41) is 2.83. The van der Waals surface area contributed by atoms with E-state index in [4.69, 9.17) is 0 Å². The van der Waals surface area contributed by atoms with Crippen molar-refractivity contribution in [2.75, 3.05) is 13.6 Å². The second-order valence-electron chi connectivity index (χ2n) is 4.16. The highest BCUT2D eigenvalue weighted by Gasteiger charge is 2.12. The lowest BCUT2D eigenvalue weighted by Crippen LogP contribution is -2.42. The van der Waals surface area contributed by atoms with Crippen LogP contribution in [0.5, 0.6) is 0 Å². The van der Waals surface area contributed by atoms with Gasteiger partial charge in [-0.15, -0.1) is 0 Å². The molecule has 3 nitrogen and oxygen atoms in total. The van der Waals surface area contributed by atoms with Crippen molar-refractivity contribution in [3.63, 3.8) is 0 Å². The van der Waals surface area contributed by atoms with Crippen molar-refractivity contribution in [2.24, 2.45) is 0 Å². The molecule has 17 heavy (non-hydrogen) atoms. The average molecular weight is 238 g/mol. The monoisotopic (exact) mass is 238 g/mol. The minimum atomic E-state index is -0.225. The Morgan fingerprint density at radius 2 is 2.12 bits per heavy atom. The van der Waals surface area contributed by atoms with Crippen molar-refractivity contribution >= 4 is 6.03 Å². The molecule has 4 heteroatoms. The standard InChI is InChI=1S/C13H19FN2O/c1-4-16(3)13(17)15-10(2)9-11-7-5-6-8-12(11)14/h5-8,10H,4,9H2,1-3H3,(H,15,17)/t10-/m0/s1. The minimum absolute atomic E-state index is 0.0894. The van der Waals surface area contributed by atoms with Gasteiger partial charge in [-0.3, -0.25) is 0 Å². The third-order valence-electron chi connectivity index (χ3n) is 2.67. The van der Waals surface area contributed by atoms with Crippen LogP contribution in [0.1, 0.15) is 19.4 Å². The molecule has 1 aromatic carbocycles. The van der Waals surface area contributed by atoms with Gasteiger partial charge in [0.2, 0.25) is 0 Å². The summed E-state index contributed by atoms with van der Waals surface area (Å²) in [5.41, 5.74) is 0.624. The zero-order valence-corrected chi connectivity index (χ0v) is 10.5. The van der Waals surface area contributed by atoms with E-state index in [9.17, 15) is 9.18 Å². The second-order valence-corrected chi connectivity index (χ2v) is 4.16. The number of rotatable bonds is 4. The number of benzene rings is 1. The average Bonchev–Trinajstić information content (AvgIpc) is 2.31. The Bertz CT molecular complexity index is 381. The van der Waals surface area contributed by atoms with Crippen molar-refractivity contribution in [2.45, 2.75) is 26.3 Å². The smallest absolute Gasteiger partial charge is 0.317 e. The number of carbonyl (C=O) groups excluding carboxylic acids is 1. The van der Waals surface area contributed by atoms with Gasteiger partial charge in [-0.2, -0.15) is 0 Å². The van der Waals surface area contributed by atoms with Gasteiger partial charge in [0.25, 0.3) is 0 Å². The summed E-state index contributed by atoms with van der Waals surface area (Å²) in [5.74, 6) is -0.225. The van der Waals surface area contributed by atoms with Crippen molar-refractivity contribution in [3.8, 4) is 0 Å².